The molecule has 1 heterocycles. The average molecular weight is 382 g/mol. The van der Waals surface area contributed by atoms with Crippen molar-refractivity contribution < 1.29 is 14.0 Å². The van der Waals surface area contributed by atoms with Gasteiger partial charge in [0.25, 0.3) is 11.8 Å². The van der Waals surface area contributed by atoms with E-state index in [4.69, 9.17) is 0 Å². The van der Waals surface area contributed by atoms with Crippen molar-refractivity contribution in [2.75, 3.05) is 20.1 Å². The monoisotopic (exact) mass is 382 g/mol. The Balaban J connectivity index is 1.38. The smallest absolute Gasteiger partial charge is 0.261 e. The number of benzene rings is 2. The SMILES string of the molecule is CN=C(NCCCCN1C(=O)c2ccccc2C1=O)NCc1cccc(F)c1. The average Bonchev–Trinajstić information content (AvgIpc) is 2.95. The Labute approximate surface area is 163 Å². The quantitative estimate of drug-likeness (QED) is 0.334. The summed E-state index contributed by atoms with van der Waals surface area (Å²) in [6.07, 6.45) is 1.47. The lowest BCUT2D eigenvalue weighted by molar-refractivity contribution is 0.0652. The summed E-state index contributed by atoms with van der Waals surface area (Å²) in [7, 11) is 1.67. The molecule has 0 atom stereocenters. The molecule has 28 heavy (non-hydrogen) atoms. The second-order valence-corrected chi connectivity index (χ2v) is 6.50. The number of rotatable bonds is 7. The molecule has 2 aromatic carbocycles. The van der Waals surface area contributed by atoms with E-state index in [0.717, 1.165) is 12.0 Å². The molecule has 0 aliphatic carbocycles. The molecule has 0 aromatic heterocycles. The van der Waals surface area contributed by atoms with Crippen molar-refractivity contribution in [1.82, 2.24) is 15.5 Å². The first-order chi connectivity index (χ1) is 13.6. The van der Waals surface area contributed by atoms with Crippen molar-refractivity contribution in [2.45, 2.75) is 19.4 Å². The lowest BCUT2D eigenvalue weighted by Gasteiger charge is -2.15. The highest BCUT2D eigenvalue weighted by atomic mass is 19.1. The fraction of sp³-hybridized carbons (Fsp3) is 0.286. The minimum absolute atomic E-state index is 0.221. The van der Waals surface area contributed by atoms with Gasteiger partial charge in [-0.05, 0) is 42.7 Å². The van der Waals surface area contributed by atoms with Gasteiger partial charge >= 0.3 is 0 Å². The molecule has 0 radical (unpaired) electrons. The fourth-order valence-corrected chi connectivity index (χ4v) is 3.10. The normalized spacial score (nSPS) is 13.6. The van der Waals surface area contributed by atoms with Crippen molar-refractivity contribution in [1.29, 1.82) is 0 Å². The predicted molar refractivity (Wildman–Crippen MR) is 106 cm³/mol. The standard InChI is InChI=1S/C21H23FN4O2/c1-23-21(25-14-15-7-6-8-16(22)13-15)24-11-4-5-12-26-19(27)17-9-2-3-10-18(17)20(26)28/h2-3,6-10,13H,4-5,11-12,14H2,1H3,(H2,23,24,25). The van der Waals surface area contributed by atoms with Gasteiger partial charge in [0.15, 0.2) is 5.96 Å². The van der Waals surface area contributed by atoms with Crippen LogP contribution in [0.2, 0.25) is 0 Å². The van der Waals surface area contributed by atoms with Crippen LogP contribution in [0.25, 0.3) is 0 Å². The predicted octanol–water partition coefficient (Wildman–Crippen LogP) is 2.57. The molecule has 146 valence electrons. The number of amides is 2. The first-order valence-electron chi connectivity index (χ1n) is 9.24. The van der Waals surface area contributed by atoms with Gasteiger partial charge in [0.05, 0.1) is 11.1 Å². The number of hydrogen-bond acceptors (Lipinski definition) is 3. The zero-order chi connectivity index (χ0) is 19.9. The summed E-state index contributed by atoms with van der Waals surface area (Å²) in [6, 6.07) is 13.3. The van der Waals surface area contributed by atoms with E-state index in [2.05, 4.69) is 15.6 Å². The van der Waals surface area contributed by atoms with Gasteiger partial charge in [0.1, 0.15) is 5.82 Å². The number of hydrogen-bond donors (Lipinski definition) is 2. The summed E-state index contributed by atoms with van der Waals surface area (Å²) in [5, 5.41) is 6.30. The van der Waals surface area contributed by atoms with Crippen LogP contribution in [-0.2, 0) is 6.54 Å². The Morgan fingerprint density at radius 1 is 1.00 bits per heavy atom. The van der Waals surface area contributed by atoms with Crippen LogP contribution in [-0.4, -0.2) is 42.8 Å². The molecule has 2 N–H and O–H groups in total. The highest BCUT2D eigenvalue weighted by Crippen LogP contribution is 2.22. The van der Waals surface area contributed by atoms with Gasteiger partial charge in [-0.2, -0.15) is 0 Å². The molecule has 3 rings (SSSR count). The molecule has 0 spiro atoms. The molecular formula is C21H23FN4O2. The minimum atomic E-state index is -0.268. The molecule has 0 bridgehead atoms. The maximum Gasteiger partial charge on any atom is 0.261 e. The van der Waals surface area contributed by atoms with Crippen molar-refractivity contribution >= 4 is 17.8 Å². The molecule has 0 unspecified atom stereocenters. The fourth-order valence-electron chi connectivity index (χ4n) is 3.10. The van der Waals surface area contributed by atoms with Crippen LogP contribution in [0.15, 0.2) is 53.5 Å². The topological polar surface area (TPSA) is 73.8 Å². The van der Waals surface area contributed by atoms with Gasteiger partial charge in [-0.15, -0.1) is 0 Å². The third-order valence-corrected chi connectivity index (χ3v) is 4.55. The van der Waals surface area contributed by atoms with Crippen LogP contribution in [0.4, 0.5) is 4.39 Å². The molecule has 2 amide bonds. The number of halogens is 1. The summed E-state index contributed by atoms with van der Waals surface area (Å²) >= 11 is 0. The van der Waals surface area contributed by atoms with Gasteiger partial charge in [-0.1, -0.05) is 24.3 Å². The Morgan fingerprint density at radius 3 is 2.36 bits per heavy atom. The Morgan fingerprint density at radius 2 is 1.71 bits per heavy atom. The van der Waals surface area contributed by atoms with E-state index in [1.54, 1.807) is 37.4 Å². The summed E-state index contributed by atoms with van der Waals surface area (Å²) in [5.41, 5.74) is 1.79. The number of aliphatic imine (C=N–C) groups is 1. The number of carbonyl (C=O) groups is 2. The molecule has 1 aliphatic rings. The van der Waals surface area contributed by atoms with E-state index in [1.807, 2.05) is 6.07 Å². The van der Waals surface area contributed by atoms with Crippen molar-refractivity contribution in [3.05, 3.63) is 71.0 Å². The lowest BCUT2D eigenvalue weighted by Crippen LogP contribution is -2.37. The van der Waals surface area contributed by atoms with Gasteiger partial charge < -0.3 is 10.6 Å². The highest BCUT2D eigenvalue weighted by molar-refractivity contribution is 6.21. The molecule has 0 saturated heterocycles. The second kappa shape index (κ2) is 9.12. The number of fused-ring (bicyclic) bond motifs is 1. The maximum atomic E-state index is 13.2. The van der Waals surface area contributed by atoms with Crippen LogP contribution < -0.4 is 10.6 Å². The molecular weight excluding hydrogens is 359 g/mol. The third kappa shape index (κ3) is 4.54. The first-order valence-corrected chi connectivity index (χ1v) is 9.24. The second-order valence-electron chi connectivity index (χ2n) is 6.50. The number of nitrogens with one attached hydrogen (secondary N) is 2. The Hall–Kier alpha value is -3.22. The first kappa shape index (κ1) is 19.5. The van der Waals surface area contributed by atoms with Crippen LogP contribution in [0, 0.1) is 5.82 Å². The maximum absolute atomic E-state index is 13.2. The summed E-state index contributed by atoms with van der Waals surface area (Å²) in [5.74, 6) is -0.0948. The van der Waals surface area contributed by atoms with Crippen LogP contribution in [0.5, 0.6) is 0 Å². The lowest BCUT2D eigenvalue weighted by atomic mass is 10.1. The van der Waals surface area contributed by atoms with E-state index < -0.39 is 0 Å². The summed E-state index contributed by atoms with van der Waals surface area (Å²) in [6.45, 7) is 1.50. The van der Waals surface area contributed by atoms with Gasteiger partial charge in [-0.25, -0.2) is 4.39 Å². The Kier molecular flexibility index (Phi) is 6.37. The summed E-state index contributed by atoms with van der Waals surface area (Å²) in [4.78, 5) is 30.0. The summed E-state index contributed by atoms with van der Waals surface area (Å²) < 4.78 is 13.2. The van der Waals surface area contributed by atoms with Crippen molar-refractivity contribution in [3.63, 3.8) is 0 Å². The van der Waals surface area contributed by atoms with Gasteiger partial charge in [0.2, 0.25) is 0 Å². The number of nitrogens with zero attached hydrogens (tertiary/aromatic N) is 2. The molecule has 6 nitrogen and oxygen atoms in total. The third-order valence-electron chi connectivity index (χ3n) is 4.55. The zero-order valence-electron chi connectivity index (χ0n) is 15.7. The molecule has 0 saturated carbocycles. The van der Waals surface area contributed by atoms with E-state index in [9.17, 15) is 14.0 Å². The van der Waals surface area contributed by atoms with E-state index in [1.165, 1.54) is 17.0 Å². The number of unbranched alkanes of at least 4 members (excludes halogenated alkanes) is 1. The van der Waals surface area contributed by atoms with Crippen LogP contribution in [0.3, 0.4) is 0 Å². The van der Waals surface area contributed by atoms with Crippen molar-refractivity contribution in [3.8, 4) is 0 Å². The minimum Gasteiger partial charge on any atom is -0.356 e. The number of imide groups is 1. The van der Waals surface area contributed by atoms with Gasteiger partial charge in [-0.3, -0.25) is 19.5 Å². The Bertz CT molecular complexity index is 862. The molecule has 2 aromatic rings. The van der Waals surface area contributed by atoms with Gasteiger partial charge in [0, 0.05) is 26.7 Å². The largest absolute Gasteiger partial charge is 0.356 e. The van der Waals surface area contributed by atoms with E-state index in [0.29, 0.717) is 43.1 Å². The van der Waals surface area contributed by atoms with E-state index in [-0.39, 0.29) is 17.6 Å². The number of carbonyl (C=O) groups excluding carboxylic acids is 2. The molecule has 0 fully saturated rings. The molecule has 1 aliphatic heterocycles. The van der Waals surface area contributed by atoms with Crippen LogP contribution >= 0.6 is 0 Å². The van der Waals surface area contributed by atoms with E-state index >= 15 is 0 Å². The zero-order valence-corrected chi connectivity index (χ0v) is 15.7. The van der Waals surface area contributed by atoms with Crippen molar-refractivity contribution in [2.24, 2.45) is 4.99 Å². The van der Waals surface area contributed by atoms with Crippen LogP contribution in [0.1, 0.15) is 39.1 Å². The number of guanidine groups is 1. The highest BCUT2D eigenvalue weighted by Gasteiger charge is 2.34. The molecule has 7 heteroatoms.